The third kappa shape index (κ3) is 3.09. The molecule has 2 rings (SSSR count). The van der Waals surface area contributed by atoms with Gasteiger partial charge in [-0.1, -0.05) is 0 Å². The van der Waals surface area contributed by atoms with Crippen molar-refractivity contribution in [3.63, 3.8) is 0 Å². The molecule has 0 spiro atoms. The van der Waals surface area contributed by atoms with Gasteiger partial charge in [0, 0.05) is 17.9 Å². The van der Waals surface area contributed by atoms with E-state index in [0.29, 0.717) is 6.04 Å². The first-order chi connectivity index (χ1) is 8.16. The van der Waals surface area contributed by atoms with Gasteiger partial charge in [-0.25, -0.2) is 4.98 Å². The summed E-state index contributed by atoms with van der Waals surface area (Å²) in [5.41, 5.74) is 0.876. The molecule has 6 heteroatoms. The van der Waals surface area contributed by atoms with Gasteiger partial charge in [0.1, 0.15) is 12.0 Å². The van der Waals surface area contributed by atoms with E-state index in [1.165, 1.54) is 18.4 Å². The highest BCUT2D eigenvalue weighted by molar-refractivity contribution is 7.99. The van der Waals surface area contributed by atoms with Crippen LogP contribution in [0.15, 0.2) is 12.3 Å². The highest BCUT2D eigenvalue weighted by Gasteiger charge is 2.16. The van der Waals surface area contributed by atoms with E-state index in [1.807, 2.05) is 18.7 Å². The van der Waals surface area contributed by atoms with Gasteiger partial charge >= 0.3 is 0 Å². The van der Waals surface area contributed by atoms with Gasteiger partial charge in [0.2, 0.25) is 0 Å². The Bertz CT molecular complexity index is 419. The van der Waals surface area contributed by atoms with Crippen molar-refractivity contribution in [2.24, 2.45) is 0 Å². The van der Waals surface area contributed by atoms with Gasteiger partial charge in [-0.2, -0.15) is 11.8 Å². The SMILES string of the molecule is Cc1cc([N+](=O)[O-])cnc1NC1CCCSC1. The number of aryl methyl sites for hydroxylation is 1. The van der Waals surface area contributed by atoms with Gasteiger partial charge in [0.25, 0.3) is 5.69 Å². The van der Waals surface area contributed by atoms with Crippen LogP contribution < -0.4 is 5.32 Å². The standard InChI is InChI=1S/C11H15N3O2S/c1-8-5-10(14(15)16)6-12-11(8)13-9-3-2-4-17-7-9/h5-6,9H,2-4,7H2,1H3,(H,12,13). The Labute approximate surface area is 104 Å². The summed E-state index contributed by atoms with van der Waals surface area (Å²) >= 11 is 1.94. The van der Waals surface area contributed by atoms with Crippen LogP contribution in [0, 0.1) is 17.0 Å². The zero-order chi connectivity index (χ0) is 12.3. The molecule has 1 aromatic heterocycles. The number of pyridine rings is 1. The van der Waals surface area contributed by atoms with Crippen molar-refractivity contribution in [1.82, 2.24) is 4.98 Å². The van der Waals surface area contributed by atoms with E-state index in [-0.39, 0.29) is 5.69 Å². The van der Waals surface area contributed by atoms with Crippen LogP contribution in [-0.4, -0.2) is 27.5 Å². The molecule has 0 amide bonds. The highest BCUT2D eigenvalue weighted by Crippen LogP contribution is 2.23. The average molecular weight is 253 g/mol. The van der Waals surface area contributed by atoms with E-state index in [2.05, 4.69) is 10.3 Å². The summed E-state index contributed by atoms with van der Waals surface area (Å²) in [6.07, 6.45) is 3.67. The number of hydrogen-bond donors (Lipinski definition) is 1. The second-order valence-corrected chi connectivity index (χ2v) is 5.32. The summed E-state index contributed by atoms with van der Waals surface area (Å²) in [7, 11) is 0. The first kappa shape index (κ1) is 12.2. The number of nitrogens with zero attached hydrogens (tertiary/aromatic N) is 2. The quantitative estimate of drug-likeness (QED) is 0.662. The Morgan fingerprint density at radius 1 is 1.65 bits per heavy atom. The summed E-state index contributed by atoms with van der Waals surface area (Å²) in [5, 5.41) is 14.0. The monoisotopic (exact) mass is 253 g/mol. The molecular formula is C11H15N3O2S. The summed E-state index contributed by atoms with van der Waals surface area (Å²) in [5.74, 6) is 3.08. The second kappa shape index (κ2) is 5.35. The van der Waals surface area contributed by atoms with Crippen LogP contribution in [0.3, 0.4) is 0 Å². The van der Waals surface area contributed by atoms with Gasteiger partial charge in [-0.3, -0.25) is 10.1 Å². The molecule has 1 aliphatic rings. The molecule has 1 atom stereocenters. The van der Waals surface area contributed by atoms with Crippen molar-refractivity contribution >= 4 is 23.3 Å². The van der Waals surface area contributed by atoms with Crippen LogP contribution in [0.25, 0.3) is 0 Å². The van der Waals surface area contributed by atoms with Crippen LogP contribution in [0.4, 0.5) is 11.5 Å². The molecule has 1 aromatic rings. The van der Waals surface area contributed by atoms with E-state index < -0.39 is 4.92 Å². The van der Waals surface area contributed by atoms with E-state index >= 15 is 0 Å². The van der Waals surface area contributed by atoms with E-state index in [1.54, 1.807) is 6.07 Å². The van der Waals surface area contributed by atoms with Gasteiger partial charge in [-0.15, -0.1) is 0 Å². The van der Waals surface area contributed by atoms with Crippen LogP contribution in [0.1, 0.15) is 18.4 Å². The van der Waals surface area contributed by atoms with Crippen molar-refractivity contribution in [1.29, 1.82) is 0 Å². The Kier molecular flexibility index (Phi) is 3.83. The van der Waals surface area contributed by atoms with Crippen LogP contribution in [0.2, 0.25) is 0 Å². The predicted molar refractivity (Wildman–Crippen MR) is 69.6 cm³/mol. The zero-order valence-electron chi connectivity index (χ0n) is 9.68. The third-order valence-electron chi connectivity index (χ3n) is 2.78. The maximum Gasteiger partial charge on any atom is 0.287 e. The normalized spacial score (nSPS) is 19.9. The second-order valence-electron chi connectivity index (χ2n) is 4.17. The molecule has 1 N–H and O–H groups in total. The van der Waals surface area contributed by atoms with Crippen LogP contribution >= 0.6 is 11.8 Å². The lowest BCUT2D eigenvalue weighted by Crippen LogP contribution is -2.26. The summed E-state index contributed by atoms with van der Waals surface area (Å²) in [4.78, 5) is 14.3. The number of nitrogens with one attached hydrogen (secondary N) is 1. The molecule has 0 aliphatic carbocycles. The molecule has 17 heavy (non-hydrogen) atoms. The summed E-state index contributed by atoms with van der Waals surface area (Å²) in [6.45, 7) is 1.85. The Morgan fingerprint density at radius 3 is 3.06 bits per heavy atom. The first-order valence-electron chi connectivity index (χ1n) is 5.62. The fourth-order valence-corrected chi connectivity index (χ4v) is 2.93. The van der Waals surface area contributed by atoms with E-state index in [0.717, 1.165) is 23.6 Å². The Balaban J connectivity index is 2.08. The molecular weight excluding hydrogens is 238 g/mol. The van der Waals surface area contributed by atoms with Crippen LogP contribution in [0.5, 0.6) is 0 Å². The van der Waals surface area contributed by atoms with Gasteiger partial charge in [0.05, 0.1) is 4.92 Å². The molecule has 0 bridgehead atoms. The molecule has 0 aromatic carbocycles. The number of aromatic nitrogens is 1. The van der Waals surface area contributed by atoms with Crippen LogP contribution in [-0.2, 0) is 0 Å². The van der Waals surface area contributed by atoms with E-state index in [9.17, 15) is 10.1 Å². The minimum atomic E-state index is -0.416. The number of thioether (sulfide) groups is 1. The number of hydrogen-bond acceptors (Lipinski definition) is 5. The average Bonchev–Trinajstić information content (AvgIpc) is 2.33. The lowest BCUT2D eigenvalue weighted by Gasteiger charge is -2.23. The fourth-order valence-electron chi connectivity index (χ4n) is 1.86. The van der Waals surface area contributed by atoms with Crippen molar-refractivity contribution in [2.75, 3.05) is 16.8 Å². The molecule has 1 saturated heterocycles. The molecule has 0 saturated carbocycles. The number of nitro groups is 1. The number of anilines is 1. The van der Waals surface area contributed by atoms with Crippen molar-refractivity contribution in [2.45, 2.75) is 25.8 Å². The lowest BCUT2D eigenvalue weighted by atomic mass is 10.1. The van der Waals surface area contributed by atoms with Crippen molar-refractivity contribution in [3.8, 4) is 0 Å². The molecule has 92 valence electrons. The minimum Gasteiger partial charge on any atom is -0.366 e. The summed E-state index contributed by atoms with van der Waals surface area (Å²) < 4.78 is 0. The summed E-state index contributed by atoms with van der Waals surface area (Å²) in [6, 6.07) is 1.99. The van der Waals surface area contributed by atoms with E-state index in [4.69, 9.17) is 0 Å². The predicted octanol–water partition coefficient (Wildman–Crippen LogP) is 2.61. The Hall–Kier alpha value is -1.30. The molecule has 1 unspecified atom stereocenters. The van der Waals surface area contributed by atoms with Gasteiger partial charge < -0.3 is 5.32 Å². The first-order valence-corrected chi connectivity index (χ1v) is 6.77. The lowest BCUT2D eigenvalue weighted by molar-refractivity contribution is -0.385. The highest BCUT2D eigenvalue weighted by atomic mass is 32.2. The van der Waals surface area contributed by atoms with Gasteiger partial charge in [-0.05, 0) is 31.1 Å². The molecule has 2 heterocycles. The number of rotatable bonds is 3. The Morgan fingerprint density at radius 2 is 2.47 bits per heavy atom. The van der Waals surface area contributed by atoms with Crippen molar-refractivity contribution in [3.05, 3.63) is 27.9 Å². The maximum absolute atomic E-state index is 10.6. The molecule has 1 fully saturated rings. The van der Waals surface area contributed by atoms with Gasteiger partial charge in [0.15, 0.2) is 0 Å². The maximum atomic E-state index is 10.6. The zero-order valence-corrected chi connectivity index (χ0v) is 10.5. The largest absolute Gasteiger partial charge is 0.366 e. The molecule has 0 radical (unpaired) electrons. The fraction of sp³-hybridized carbons (Fsp3) is 0.545. The molecule has 1 aliphatic heterocycles. The minimum absolute atomic E-state index is 0.0473. The smallest absolute Gasteiger partial charge is 0.287 e. The third-order valence-corrected chi connectivity index (χ3v) is 3.99. The van der Waals surface area contributed by atoms with Crippen molar-refractivity contribution < 1.29 is 4.92 Å². The molecule has 5 nitrogen and oxygen atoms in total. The topological polar surface area (TPSA) is 68.1 Å².